The van der Waals surface area contributed by atoms with Crippen LogP contribution in [0.1, 0.15) is 10.4 Å². The fraction of sp³-hybridized carbons (Fsp3) is 0.167. The zero-order valence-electron chi connectivity index (χ0n) is 8.90. The molecule has 0 aliphatic rings. The Labute approximate surface area is 96.0 Å². The van der Waals surface area contributed by atoms with E-state index in [9.17, 15) is 14.0 Å². The summed E-state index contributed by atoms with van der Waals surface area (Å²) < 4.78 is 16.4. The van der Waals surface area contributed by atoms with Crippen LogP contribution in [0.15, 0.2) is 35.3 Å². The highest BCUT2D eigenvalue weighted by molar-refractivity contribution is 5.93. The van der Waals surface area contributed by atoms with Crippen LogP contribution in [-0.2, 0) is 4.74 Å². The predicted molar refractivity (Wildman–Crippen MR) is 60.8 cm³/mol. The van der Waals surface area contributed by atoms with Gasteiger partial charge in [0, 0.05) is 17.1 Å². The van der Waals surface area contributed by atoms with E-state index < -0.39 is 18.1 Å². The zero-order chi connectivity index (χ0) is 12.3. The molecule has 2 rings (SSSR count). The first-order valence-corrected chi connectivity index (χ1v) is 5.07. The molecule has 4 nitrogen and oxygen atoms in total. The normalized spacial score (nSPS) is 10.4. The lowest BCUT2D eigenvalue weighted by Crippen LogP contribution is -2.18. The molecule has 2 aromatic rings. The number of fused-ring (bicyclic) bond motifs is 1. The maximum atomic E-state index is 11.9. The van der Waals surface area contributed by atoms with Crippen LogP contribution in [0, 0.1) is 0 Å². The van der Waals surface area contributed by atoms with Crippen LogP contribution in [-0.4, -0.2) is 24.2 Å². The summed E-state index contributed by atoms with van der Waals surface area (Å²) in [6.07, 6.45) is 1.28. The third-order valence-electron chi connectivity index (χ3n) is 2.32. The lowest BCUT2D eigenvalue weighted by molar-refractivity contribution is 0.0479. The minimum absolute atomic E-state index is 0.114. The fourth-order valence-corrected chi connectivity index (χ4v) is 1.53. The van der Waals surface area contributed by atoms with Gasteiger partial charge in [0.05, 0.1) is 0 Å². The van der Waals surface area contributed by atoms with E-state index in [0.29, 0.717) is 10.9 Å². The quantitative estimate of drug-likeness (QED) is 0.823. The molecule has 5 heteroatoms. The minimum atomic E-state index is -0.811. The summed E-state index contributed by atoms with van der Waals surface area (Å²) in [6.45, 7) is -1.11. The van der Waals surface area contributed by atoms with E-state index >= 15 is 0 Å². The summed E-state index contributed by atoms with van der Waals surface area (Å²) in [5, 5.41) is 0.405. The molecule has 0 bridgehead atoms. The third kappa shape index (κ3) is 2.18. The van der Waals surface area contributed by atoms with E-state index in [1.54, 1.807) is 24.3 Å². The first kappa shape index (κ1) is 11.3. The van der Waals surface area contributed by atoms with Gasteiger partial charge in [0.2, 0.25) is 5.43 Å². The van der Waals surface area contributed by atoms with E-state index in [1.807, 2.05) is 0 Å². The average Bonchev–Trinajstić information content (AvgIpc) is 2.37. The number of para-hydroxylation sites is 1. The molecular weight excluding hydrogens is 225 g/mol. The second kappa shape index (κ2) is 4.78. The van der Waals surface area contributed by atoms with Gasteiger partial charge in [0.25, 0.3) is 0 Å². The van der Waals surface area contributed by atoms with Crippen molar-refractivity contribution in [3.05, 3.63) is 46.2 Å². The molecule has 0 saturated carbocycles. The first-order chi connectivity index (χ1) is 8.24. The molecule has 0 aliphatic carbocycles. The number of alkyl halides is 1. The van der Waals surface area contributed by atoms with Gasteiger partial charge in [0.1, 0.15) is 18.8 Å². The number of rotatable bonds is 3. The van der Waals surface area contributed by atoms with Crippen LogP contribution in [0.25, 0.3) is 10.9 Å². The molecule has 0 radical (unpaired) electrons. The zero-order valence-corrected chi connectivity index (χ0v) is 8.90. The van der Waals surface area contributed by atoms with E-state index in [-0.39, 0.29) is 12.2 Å². The predicted octanol–water partition coefficient (Wildman–Crippen LogP) is 1.65. The molecular formula is C12H10FNO3. The summed E-state index contributed by atoms with van der Waals surface area (Å²) >= 11 is 0. The number of nitrogens with one attached hydrogen (secondary N) is 1. The summed E-state index contributed by atoms with van der Waals surface area (Å²) in [7, 11) is 0. The van der Waals surface area contributed by atoms with Gasteiger partial charge in [-0.2, -0.15) is 0 Å². The van der Waals surface area contributed by atoms with Crippen molar-refractivity contribution in [2.45, 2.75) is 0 Å². The van der Waals surface area contributed by atoms with Gasteiger partial charge in [-0.25, -0.2) is 9.18 Å². The molecule has 0 aliphatic heterocycles. The van der Waals surface area contributed by atoms with Crippen LogP contribution in [0.3, 0.4) is 0 Å². The summed E-state index contributed by atoms with van der Waals surface area (Å²) in [5.74, 6) is -0.811. The van der Waals surface area contributed by atoms with Crippen molar-refractivity contribution in [2.75, 3.05) is 13.3 Å². The second-order valence-electron chi connectivity index (χ2n) is 3.40. The Hall–Kier alpha value is -2.17. The number of ether oxygens (including phenoxy) is 1. The largest absolute Gasteiger partial charge is 0.459 e. The number of carbonyl (C=O) groups is 1. The standard InChI is InChI=1S/C12H10FNO3/c13-5-6-17-12(16)9-7-14-10-4-2-1-3-8(10)11(9)15/h1-4,7H,5-6H2,(H,14,15). The molecule has 0 amide bonds. The molecule has 1 heterocycles. The Bertz CT molecular complexity index is 606. The third-order valence-corrected chi connectivity index (χ3v) is 2.32. The van der Waals surface area contributed by atoms with Crippen molar-refractivity contribution in [1.82, 2.24) is 4.98 Å². The van der Waals surface area contributed by atoms with Gasteiger partial charge in [-0.1, -0.05) is 12.1 Å². The molecule has 1 aromatic carbocycles. The fourth-order valence-electron chi connectivity index (χ4n) is 1.53. The van der Waals surface area contributed by atoms with Gasteiger partial charge in [0.15, 0.2) is 0 Å². The Balaban J connectivity index is 2.46. The smallest absolute Gasteiger partial charge is 0.343 e. The van der Waals surface area contributed by atoms with Crippen molar-refractivity contribution in [3.63, 3.8) is 0 Å². The Kier molecular flexibility index (Phi) is 3.18. The van der Waals surface area contributed by atoms with Crippen molar-refractivity contribution < 1.29 is 13.9 Å². The first-order valence-electron chi connectivity index (χ1n) is 5.07. The van der Waals surface area contributed by atoms with Crippen LogP contribution in [0.2, 0.25) is 0 Å². The monoisotopic (exact) mass is 235 g/mol. The highest BCUT2D eigenvalue weighted by atomic mass is 19.1. The SMILES string of the molecule is O=C(OCCF)c1c[nH]c2ccccc2c1=O. The van der Waals surface area contributed by atoms with Gasteiger partial charge in [-0.3, -0.25) is 4.79 Å². The molecule has 0 spiro atoms. The van der Waals surface area contributed by atoms with Crippen LogP contribution >= 0.6 is 0 Å². The number of pyridine rings is 1. The highest BCUT2D eigenvalue weighted by Gasteiger charge is 2.13. The number of H-pyrrole nitrogens is 1. The molecule has 1 N–H and O–H groups in total. The summed E-state index contributed by atoms with van der Waals surface area (Å²) in [4.78, 5) is 26.2. The molecule has 0 atom stereocenters. The number of benzene rings is 1. The lowest BCUT2D eigenvalue weighted by Gasteiger charge is -2.03. The number of aromatic amines is 1. The van der Waals surface area contributed by atoms with Crippen LogP contribution < -0.4 is 5.43 Å². The Morgan fingerprint density at radius 2 is 2.12 bits per heavy atom. The van der Waals surface area contributed by atoms with Gasteiger partial charge >= 0.3 is 5.97 Å². The Morgan fingerprint density at radius 3 is 2.88 bits per heavy atom. The average molecular weight is 235 g/mol. The van der Waals surface area contributed by atoms with E-state index in [4.69, 9.17) is 0 Å². The van der Waals surface area contributed by atoms with E-state index in [2.05, 4.69) is 9.72 Å². The van der Waals surface area contributed by atoms with Crippen molar-refractivity contribution >= 4 is 16.9 Å². The number of aromatic nitrogens is 1. The van der Waals surface area contributed by atoms with E-state index in [0.717, 1.165) is 0 Å². The molecule has 1 aromatic heterocycles. The molecule has 88 valence electrons. The maximum Gasteiger partial charge on any atom is 0.343 e. The lowest BCUT2D eigenvalue weighted by atomic mass is 10.1. The maximum absolute atomic E-state index is 11.9. The summed E-state index contributed by atoms with van der Waals surface area (Å²) in [5.41, 5.74) is 0.111. The second-order valence-corrected chi connectivity index (χ2v) is 3.40. The molecule has 0 saturated heterocycles. The van der Waals surface area contributed by atoms with Gasteiger partial charge in [-0.15, -0.1) is 0 Å². The number of hydrogen-bond acceptors (Lipinski definition) is 3. The summed E-state index contributed by atoms with van der Waals surface area (Å²) in [6, 6.07) is 6.82. The van der Waals surface area contributed by atoms with Gasteiger partial charge < -0.3 is 9.72 Å². The number of esters is 1. The van der Waals surface area contributed by atoms with Crippen molar-refractivity contribution in [2.24, 2.45) is 0 Å². The molecule has 0 fully saturated rings. The van der Waals surface area contributed by atoms with Crippen LogP contribution in [0.4, 0.5) is 4.39 Å². The highest BCUT2D eigenvalue weighted by Crippen LogP contribution is 2.07. The van der Waals surface area contributed by atoms with Gasteiger partial charge in [-0.05, 0) is 12.1 Å². The molecule has 0 unspecified atom stereocenters. The molecule has 17 heavy (non-hydrogen) atoms. The van der Waals surface area contributed by atoms with Crippen molar-refractivity contribution in [1.29, 1.82) is 0 Å². The van der Waals surface area contributed by atoms with Crippen LogP contribution in [0.5, 0.6) is 0 Å². The number of halogens is 1. The Morgan fingerprint density at radius 1 is 1.35 bits per heavy atom. The minimum Gasteiger partial charge on any atom is -0.459 e. The van der Waals surface area contributed by atoms with Crippen molar-refractivity contribution in [3.8, 4) is 0 Å². The number of carbonyl (C=O) groups excluding carboxylic acids is 1. The topological polar surface area (TPSA) is 59.2 Å². The number of hydrogen-bond donors (Lipinski definition) is 1. The van der Waals surface area contributed by atoms with E-state index in [1.165, 1.54) is 6.20 Å².